The van der Waals surface area contributed by atoms with Gasteiger partial charge in [0.25, 0.3) is 0 Å². The van der Waals surface area contributed by atoms with E-state index in [1.807, 2.05) is 30.3 Å². The highest BCUT2D eigenvalue weighted by molar-refractivity contribution is 7.15. The number of hydrogen-bond donors (Lipinski definition) is 0. The van der Waals surface area contributed by atoms with Crippen molar-refractivity contribution in [3.63, 3.8) is 0 Å². The molecule has 3 aromatic rings. The second-order valence-corrected chi connectivity index (χ2v) is 6.22. The molecule has 0 bridgehead atoms. The van der Waals surface area contributed by atoms with Crippen molar-refractivity contribution < 1.29 is 0 Å². The Morgan fingerprint density at radius 2 is 1.86 bits per heavy atom. The summed E-state index contributed by atoms with van der Waals surface area (Å²) in [4.78, 5) is 6.71. The average Bonchev–Trinajstić information content (AvgIpc) is 2.98. The molecule has 0 spiro atoms. The molecule has 0 fully saturated rings. The van der Waals surface area contributed by atoms with Crippen molar-refractivity contribution in [2.45, 2.75) is 6.42 Å². The van der Waals surface area contributed by atoms with Gasteiger partial charge >= 0.3 is 0 Å². The van der Waals surface area contributed by atoms with E-state index in [0.29, 0.717) is 5.56 Å². The van der Waals surface area contributed by atoms with E-state index in [0.717, 1.165) is 22.0 Å². The summed E-state index contributed by atoms with van der Waals surface area (Å²) in [7, 11) is 0. The first-order valence-electron chi connectivity index (χ1n) is 6.44. The van der Waals surface area contributed by atoms with Gasteiger partial charge in [0.15, 0.2) is 0 Å². The Balaban J connectivity index is 1.79. The van der Waals surface area contributed by atoms with Gasteiger partial charge in [-0.05, 0) is 42.0 Å². The molecule has 102 valence electrons. The number of nitrogens with zero attached hydrogens (tertiary/aromatic N) is 2. The minimum absolute atomic E-state index is 0.580. The highest BCUT2D eigenvalue weighted by Crippen LogP contribution is 2.28. The van der Waals surface area contributed by atoms with Gasteiger partial charge in [0.05, 0.1) is 16.1 Å². The van der Waals surface area contributed by atoms with E-state index in [-0.39, 0.29) is 0 Å². The number of halogens is 1. The monoisotopic (exact) mass is 310 g/mol. The minimum atomic E-state index is 0.580. The third-order valence-electron chi connectivity index (χ3n) is 3.10. The normalized spacial score (nSPS) is 10.3. The maximum Gasteiger partial charge on any atom is 0.101 e. The van der Waals surface area contributed by atoms with Crippen molar-refractivity contribution in [3.8, 4) is 16.6 Å². The molecule has 2 aromatic heterocycles. The van der Waals surface area contributed by atoms with Gasteiger partial charge in [0.2, 0.25) is 0 Å². The van der Waals surface area contributed by atoms with Crippen LogP contribution in [0, 0.1) is 11.3 Å². The first-order chi connectivity index (χ1) is 10.2. The smallest absolute Gasteiger partial charge is 0.101 e. The molecule has 0 atom stereocenters. The van der Waals surface area contributed by atoms with Crippen LogP contribution >= 0.6 is 22.9 Å². The Kier molecular flexibility index (Phi) is 4.01. The van der Waals surface area contributed by atoms with Crippen LogP contribution in [0.25, 0.3) is 10.6 Å². The second-order valence-electron chi connectivity index (χ2n) is 4.61. The van der Waals surface area contributed by atoms with Crippen LogP contribution in [0.1, 0.15) is 16.0 Å². The van der Waals surface area contributed by atoms with Crippen molar-refractivity contribution in [3.05, 3.63) is 75.8 Å². The maximum absolute atomic E-state index is 8.79. The third kappa shape index (κ3) is 3.30. The van der Waals surface area contributed by atoms with Gasteiger partial charge in [0.1, 0.15) is 6.07 Å². The third-order valence-corrected chi connectivity index (χ3v) is 4.46. The first kappa shape index (κ1) is 13.8. The molecule has 0 aliphatic carbocycles. The molecule has 2 nitrogen and oxygen atoms in total. The van der Waals surface area contributed by atoms with Crippen LogP contribution < -0.4 is 0 Å². The fourth-order valence-corrected chi connectivity index (χ4v) is 3.16. The lowest BCUT2D eigenvalue weighted by Gasteiger charge is -1.99. The fraction of sp³-hybridized carbons (Fsp3) is 0.0588. The van der Waals surface area contributed by atoms with Crippen LogP contribution in [-0.2, 0) is 6.42 Å². The summed E-state index contributed by atoms with van der Waals surface area (Å²) in [6.07, 6.45) is 2.49. The summed E-state index contributed by atoms with van der Waals surface area (Å²) in [5.74, 6) is 0. The molecule has 0 saturated carbocycles. The lowest BCUT2D eigenvalue weighted by molar-refractivity contribution is 1.24. The van der Waals surface area contributed by atoms with E-state index < -0.39 is 0 Å². The Bertz CT molecular complexity index is 783. The largest absolute Gasteiger partial charge is 0.254 e. The molecular weight excluding hydrogens is 300 g/mol. The van der Waals surface area contributed by atoms with E-state index in [9.17, 15) is 0 Å². The summed E-state index contributed by atoms with van der Waals surface area (Å²) in [5, 5.41) is 9.55. The van der Waals surface area contributed by atoms with Gasteiger partial charge in [-0.25, -0.2) is 0 Å². The average molecular weight is 311 g/mol. The van der Waals surface area contributed by atoms with E-state index in [1.165, 1.54) is 10.4 Å². The van der Waals surface area contributed by atoms with Crippen molar-refractivity contribution >= 4 is 22.9 Å². The number of aromatic nitrogens is 1. The van der Waals surface area contributed by atoms with Crippen LogP contribution in [-0.4, -0.2) is 4.98 Å². The lowest BCUT2D eigenvalue weighted by Crippen LogP contribution is -1.83. The highest BCUT2D eigenvalue weighted by atomic mass is 35.5. The van der Waals surface area contributed by atoms with Crippen molar-refractivity contribution in [2.75, 3.05) is 0 Å². The van der Waals surface area contributed by atoms with Gasteiger partial charge in [-0.15, -0.1) is 11.3 Å². The van der Waals surface area contributed by atoms with Gasteiger partial charge in [0, 0.05) is 22.5 Å². The van der Waals surface area contributed by atoms with Crippen LogP contribution in [0.15, 0.2) is 54.7 Å². The number of nitriles is 1. The second kappa shape index (κ2) is 6.09. The molecule has 1 aromatic carbocycles. The van der Waals surface area contributed by atoms with E-state index in [1.54, 1.807) is 23.6 Å². The van der Waals surface area contributed by atoms with Crippen molar-refractivity contribution in [2.24, 2.45) is 0 Å². The molecule has 3 rings (SSSR count). The van der Waals surface area contributed by atoms with Gasteiger partial charge < -0.3 is 0 Å². The SMILES string of the molecule is N#Cc1ccc(-c2ccc(Cc3ccc(Cl)cc3)s2)nc1. The van der Waals surface area contributed by atoms with Crippen LogP contribution in [0.4, 0.5) is 0 Å². The summed E-state index contributed by atoms with van der Waals surface area (Å²) in [6, 6.07) is 17.9. The molecule has 0 aliphatic heterocycles. The highest BCUT2D eigenvalue weighted by Gasteiger charge is 2.05. The molecule has 0 radical (unpaired) electrons. The topological polar surface area (TPSA) is 36.7 Å². The van der Waals surface area contributed by atoms with Gasteiger partial charge in [-0.3, -0.25) is 4.98 Å². The number of benzene rings is 1. The van der Waals surface area contributed by atoms with Crippen molar-refractivity contribution in [1.29, 1.82) is 5.26 Å². The standard InChI is InChI=1S/C17H11ClN2S/c18-14-4-1-12(2-5-14)9-15-6-8-17(21-15)16-7-3-13(10-19)11-20-16/h1-8,11H,9H2. The maximum atomic E-state index is 8.79. The predicted molar refractivity (Wildman–Crippen MR) is 86.5 cm³/mol. The fourth-order valence-electron chi connectivity index (χ4n) is 2.02. The molecule has 0 aliphatic rings. The molecule has 21 heavy (non-hydrogen) atoms. The van der Waals surface area contributed by atoms with E-state index in [2.05, 4.69) is 23.2 Å². The minimum Gasteiger partial charge on any atom is -0.254 e. The molecule has 0 saturated heterocycles. The number of hydrogen-bond acceptors (Lipinski definition) is 3. The Hall–Kier alpha value is -2.15. The Morgan fingerprint density at radius 3 is 2.52 bits per heavy atom. The zero-order chi connectivity index (χ0) is 14.7. The Labute approximate surface area is 132 Å². The zero-order valence-electron chi connectivity index (χ0n) is 11.1. The van der Waals surface area contributed by atoms with Crippen molar-refractivity contribution in [1.82, 2.24) is 4.98 Å². The van der Waals surface area contributed by atoms with E-state index >= 15 is 0 Å². The molecular formula is C17H11ClN2S. The molecule has 0 amide bonds. The van der Waals surface area contributed by atoms with Crippen LogP contribution in [0.3, 0.4) is 0 Å². The summed E-state index contributed by atoms with van der Waals surface area (Å²) < 4.78 is 0. The molecule has 0 unspecified atom stereocenters. The van der Waals surface area contributed by atoms with Crippen LogP contribution in [0.5, 0.6) is 0 Å². The zero-order valence-corrected chi connectivity index (χ0v) is 12.7. The molecule has 0 N–H and O–H groups in total. The number of thiophene rings is 1. The first-order valence-corrected chi connectivity index (χ1v) is 7.64. The van der Waals surface area contributed by atoms with Gasteiger partial charge in [-0.2, -0.15) is 5.26 Å². The molecule has 4 heteroatoms. The van der Waals surface area contributed by atoms with Gasteiger partial charge in [-0.1, -0.05) is 23.7 Å². The molecule has 2 heterocycles. The summed E-state index contributed by atoms with van der Waals surface area (Å²) >= 11 is 7.62. The quantitative estimate of drug-likeness (QED) is 0.688. The summed E-state index contributed by atoms with van der Waals surface area (Å²) in [5.41, 5.74) is 2.72. The Morgan fingerprint density at radius 1 is 1.05 bits per heavy atom. The van der Waals surface area contributed by atoms with Crippen LogP contribution in [0.2, 0.25) is 5.02 Å². The lowest BCUT2D eigenvalue weighted by atomic mass is 10.1. The number of pyridine rings is 1. The number of rotatable bonds is 3. The van der Waals surface area contributed by atoms with E-state index in [4.69, 9.17) is 16.9 Å². The predicted octanol–water partition coefficient (Wildman–Crippen LogP) is 4.93. The summed E-state index contributed by atoms with van der Waals surface area (Å²) in [6.45, 7) is 0.